The maximum absolute atomic E-state index is 13.2. The van der Waals surface area contributed by atoms with Crippen molar-refractivity contribution in [2.75, 3.05) is 20.1 Å². The molecule has 1 fully saturated rings. The van der Waals surface area contributed by atoms with E-state index in [-0.39, 0.29) is 11.8 Å². The van der Waals surface area contributed by atoms with Crippen molar-refractivity contribution in [3.63, 3.8) is 0 Å². The van der Waals surface area contributed by atoms with E-state index >= 15 is 0 Å². The molecule has 0 saturated carbocycles. The molecule has 1 atom stereocenters. The minimum atomic E-state index is -0.618. The van der Waals surface area contributed by atoms with Crippen LogP contribution in [0.3, 0.4) is 0 Å². The van der Waals surface area contributed by atoms with Gasteiger partial charge in [-0.2, -0.15) is 0 Å². The number of amides is 2. The molecule has 2 aromatic heterocycles. The largest absolute Gasteiger partial charge is 0.359 e. The first-order chi connectivity index (χ1) is 15.6. The molecule has 1 aliphatic heterocycles. The average Bonchev–Trinajstić information content (AvgIpc) is 3.38. The van der Waals surface area contributed by atoms with Crippen molar-refractivity contribution in [3.8, 4) is 10.4 Å². The summed E-state index contributed by atoms with van der Waals surface area (Å²) in [7, 11) is 1.69. The van der Waals surface area contributed by atoms with Crippen molar-refractivity contribution < 1.29 is 9.59 Å². The monoisotopic (exact) mass is 447 g/mol. The van der Waals surface area contributed by atoms with E-state index in [0.717, 1.165) is 24.0 Å². The standard InChI is InChI=1S/C26H29N3O2S/c1-27-25(31)26(18-21-6-2-3-7-22(21)23-8-4-17-32-23)13-5-16-29(19-26)24(30)10-9-20-11-14-28-15-12-20/h2-4,6-8,11-12,14-15,17H,5,9-10,13,16,18-19H2,1H3,(H,27,31). The second-order valence-corrected chi connectivity index (χ2v) is 9.39. The molecule has 6 heteroatoms. The highest BCUT2D eigenvalue weighted by atomic mass is 32.1. The molecule has 4 rings (SSSR count). The third-order valence-corrected chi connectivity index (χ3v) is 7.25. The van der Waals surface area contributed by atoms with Crippen molar-refractivity contribution in [2.24, 2.45) is 5.41 Å². The Hall–Kier alpha value is -2.99. The van der Waals surface area contributed by atoms with Crippen molar-refractivity contribution in [1.82, 2.24) is 15.2 Å². The van der Waals surface area contributed by atoms with Crippen LogP contribution >= 0.6 is 11.3 Å². The molecule has 3 aromatic rings. The molecule has 32 heavy (non-hydrogen) atoms. The summed E-state index contributed by atoms with van der Waals surface area (Å²) in [6.45, 7) is 1.17. The minimum Gasteiger partial charge on any atom is -0.359 e. The van der Waals surface area contributed by atoms with Crippen LogP contribution in [0.15, 0.2) is 66.3 Å². The van der Waals surface area contributed by atoms with Gasteiger partial charge in [-0.3, -0.25) is 14.6 Å². The summed E-state index contributed by atoms with van der Waals surface area (Å²) in [5.74, 6) is 0.131. The predicted molar refractivity (Wildman–Crippen MR) is 128 cm³/mol. The minimum absolute atomic E-state index is 0.0186. The average molecular weight is 448 g/mol. The van der Waals surface area contributed by atoms with Gasteiger partial charge in [0.15, 0.2) is 0 Å². The number of aryl methyl sites for hydroxylation is 1. The lowest BCUT2D eigenvalue weighted by Crippen LogP contribution is -2.54. The van der Waals surface area contributed by atoms with Gasteiger partial charge in [0, 0.05) is 43.8 Å². The van der Waals surface area contributed by atoms with E-state index in [0.29, 0.717) is 32.4 Å². The zero-order chi connectivity index (χ0) is 22.4. The first-order valence-electron chi connectivity index (χ1n) is 11.1. The fourth-order valence-corrected chi connectivity index (χ4v) is 5.48. The van der Waals surface area contributed by atoms with Gasteiger partial charge in [-0.15, -0.1) is 11.3 Å². The van der Waals surface area contributed by atoms with Crippen LogP contribution in [0.2, 0.25) is 0 Å². The topological polar surface area (TPSA) is 62.3 Å². The third-order valence-electron chi connectivity index (χ3n) is 6.35. The van der Waals surface area contributed by atoms with Crippen LogP contribution in [0.25, 0.3) is 10.4 Å². The molecule has 166 valence electrons. The predicted octanol–water partition coefficient (Wildman–Crippen LogP) is 4.34. The first kappa shape index (κ1) is 22.2. The molecule has 1 N–H and O–H groups in total. The summed E-state index contributed by atoms with van der Waals surface area (Å²) in [6, 6.07) is 16.4. The van der Waals surface area contributed by atoms with E-state index in [2.05, 4.69) is 39.9 Å². The molecule has 5 nitrogen and oxygen atoms in total. The SMILES string of the molecule is CNC(=O)C1(Cc2ccccc2-c2cccs2)CCCN(C(=O)CCc2ccncc2)C1. The second-order valence-electron chi connectivity index (χ2n) is 8.44. The van der Waals surface area contributed by atoms with E-state index in [1.165, 1.54) is 10.4 Å². The lowest BCUT2D eigenvalue weighted by molar-refractivity contribution is -0.141. The summed E-state index contributed by atoms with van der Waals surface area (Å²) in [4.78, 5) is 33.4. The molecule has 0 aliphatic carbocycles. The van der Waals surface area contributed by atoms with Gasteiger partial charge in [-0.1, -0.05) is 30.3 Å². The van der Waals surface area contributed by atoms with Gasteiger partial charge in [0.1, 0.15) is 0 Å². The van der Waals surface area contributed by atoms with Crippen molar-refractivity contribution >= 4 is 23.2 Å². The van der Waals surface area contributed by atoms with Gasteiger partial charge >= 0.3 is 0 Å². The summed E-state index contributed by atoms with van der Waals surface area (Å²) in [6.07, 6.45) is 6.86. The van der Waals surface area contributed by atoms with E-state index in [1.807, 2.05) is 29.2 Å². The Bertz CT molecular complexity index is 1050. The number of benzene rings is 1. The van der Waals surface area contributed by atoms with E-state index < -0.39 is 5.41 Å². The maximum atomic E-state index is 13.2. The lowest BCUT2D eigenvalue weighted by Gasteiger charge is -2.42. The Balaban J connectivity index is 1.54. The van der Waals surface area contributed by atoms with Gasteiger partial charge in [-0.25, -0.2) is 0 Å². The molecule has 1 saturated heterocycles. The number of nitrogens with zero attached hydrogens (tertiary/aromatic N) is 2. The Morgan fingerprint density at radius 2 is 1.94 bits per heavy atom. The summed E-state index contributed by atoms with van der Waals surface area (Å²) >= 11 is 1.71. The van der Waals surface area contributed by atoms with Crippen LogP contribution in [0.5, 0.6) is 0 Å². The Morgan fingerprint density at radius 1 is 1.12 bits per heavy atom. The van der Waals surface area contributed by atoms with Gasteiger partial charge in [0.2, 0.25) is 11.8 Å². The number of hydrogen-bond acceptors (Lipinski definition) is 4. The summed E-state index contributed by atoms with van der Waals surface area (Å²) < 4.78 is 0. The molecule has 1 aliphatic rings. The maximum Gasteiger partial charge on any atom is 0.228 e. The van der Waals surface area contributed by atoms with Crippen molar-refractivity contribution in [3.05, 3.63) is 77.4 Å². The van der Waals surface area contributed by atoms with Crippen molar-refractivity contribution in [1.29, 1.82) is 0 Å². The van der Waals surface area contributed by atoms with E-state index in [4.69, 9.17) is 0 Å². The van der Waals surface area contributed by atoms with Gasteiger partial charge in [-0.05, 0) is 66.0 Å². The van der Waals surface area contributed by atoms with Crippen LogP contribution in [0.4, 0.5) is 0 Å². The molecule has 1 unspecified atom stereocenters. The van der Waals surface area contributed by atoms with E-state index in [1.54, 1.807) is 30.8 Å². The quantitative estimate of drug-likeness (QED) is 0.586. The number of rotatable bonds is 7. The molecule has 0 radical (unpaired) electrons. The molecule has 0 spiro atoms. The Labute approximate surface area is 193 Å². The van der Waals surface area contributed by atoms with Crippen LogP contribution in [-0.2, 0) is 22.4 Å². The van der Waals surface area contributed by atoms with Gasteiger partial charge in [0.05, 0.1) is 5.41 Å². The molecule has 3 heterocycles. The molecular weight excluding hydrogens is 418 g/mol. The molecule has 2 amide bonds. The Kier molecular flexibility index (Phi) is 7.00. The number of aromatic nitrogens is 1. The van der Waals surface area contributed by atoms with Crippen LogP contribution < -0.4 is 5.32 Å². The van der Waals surface area contributed by atoms with Crippen LogP contribution in [0, 0.1) is 5.41 Å². The zero-order valence-corrected chi connectivity index (χ0v) is 19.2. The van der Waals surface area contributed by atoms with Gasteiger partial charge in [0.25, 0.3) is 0 Å². The second kappa shape index (κ2) is 10.1. The third kappa shape index (κ3) is 4.91. The number of thiophene rings is 1. The fourth-order valence-electron chi connectivity index (χ4n) is 4.69. The highest BCUT2D eigenvalue weighted by Gasteiger charge is 2.43. The highest BCUT2D eigenvalue weighted by molar-refractivity contribution is 7.13. The number of hydrogen-bond donors (Lipinski definition) is 1. The molecule has 1 aromatic carbocycles. The van der Waals surface area contributed by atoms with Crippen LogP contribution in [0.1, 0.15) is 30.4 Å². The Morgan fingerprint density at radius 3 is 2.69 bits per heavy atom. The summed E-state index contributed by atoms with van der Waals surface area (Å²) in [5, 5.41) is 4.96. The smallest absolute Gasteiger partial charge is 0.228 e. The molecule has 0 bridgehead atoms. The van der Waals surface area contributed by atoms with Crippen LogP contribution in [-0.4, -0.2) is 41.8 Å². The first-order valence-corrected chi connectivity index (χ1v) is 12.0. The van der Waals surface area contributed by atoms with Crippen molar-refractivity contribution in [2.45, 2.75) is 32.1 Å². The highest BCUT2D eigenvalue weighted by Crippen LogP contribution is 2.38. The summed E-state index contributed by atoms with van der Waals surface area (Å²) in [5.41, 5.74) is 2.82. The lowest BCUT2D eigenvalue weighted by atomic mass is 9.73. The fraction of sp³-hybridized carbons (Fsp3) is 0.346. The number of likely N-dealkylation sites (tertiary alicyclic amines) is 1. The number of piperidine rings is 1. The molecular formula is C26H29N3O2S. The number of carbonyl (C=O) groups excluding carboxylic acids is 2. The number of carbonyl (C=O) groups is 2. The number of nitrogens with one attached hydrogen (secondary N) is 1. The normalized spacial score (nSPS) is 18.3. The van der Waals surface area contributed by atoms with E-state index in [9.17, 15) is 9.59 Å². The van der Waals surface area contributed by atoms with Gasteiger partial charge < -0.3 is 10.2 Å². The number of pyridine rings is 1. The zero-order valence-electron chi connectivity index (χ0n) is 18.4.